The summed E-state index contributed by atoms with van der Waals surface area (Å²) in [5.74, 6) is 0. The van der Waals surface area contributed by atoms with Gasteiger partial charge in [-0.3, -0.25) is 4.99 Å². The monoisotopic (exact) mass is 191 g/mol. The van der Waals surface area contributed by atoms with Gasteiger partial charge in [0.2, 0.25) is 0 Å². The SMILES string of the molecule is CCC(=S)CN=Cc1ccccc1. The zero-order valence-electron chi connectivity index (χ0n) is 7.73. The molecule has 0 N–H and O–H groups in total. The van der Waals surface area contributed by atoms with E-state index in [9.17, 15) is 0 Å². The van der Waals surface area contributed by atoms with Crippen LogP contribution in [0, 0.1) is 0 Å². The summed E-state index contributed by atoms with van der Waals surface area (Å²) in [5, 5.41) is 0. The predicted octanol–water partition coefficient (Wildman–Crippen LogP) is 2.89. The van der Waals surface area contributed by atoms with Crippen LogP contribution in [0.1, 0.15) is 18.9 Å². The lowest BCUT2D eigenvalue weighted by Crippen LogP contribution is -1.96. The Kier molecular flexibility index (Phi) is 4.33. The van der Waals surface area contributed by atoms with E-state index in [4.69, 9.17) is 12.2 Å². The summed E-state index contributed by atoms with van der Waals surface area (Å²) >= 11 is 5.06. The van der Waals surface area contributed by atoms with Crippen molar-refractivity contribution in [2.45, 2.75) is 13.3 Å². The van der Waals surface area contributed by atoms with Crippen LogP contribution in [0.5, 0.6) is 0 Å². The Bertz CT molecular complexity index is 290. The highest BCUT2D eigenvalue weighted by atomic mass is 32.1. The molecule has 0 unspecified atom stereocenters. The van der Waals surface area contributed by atoms with Crippen LogP contribution in [0.25, 0.3) is 0 Å². The van der Waals surface area contributed by atoms with Gasteiger partial charge in [-0.05, 0) is 12.0 Å². The van der Waals surface area contributed by atoms with E-state index in [1.54, 1.807) is 0 Å². The molecule has 1 aromatic carbocycles. The molecule has 0 atom stereocenters. The van der Waals surface area contributed by atoms with Crippen LogP contribution in [0.3, 0.4) is 0 Å². The van der Waals surface area contributed by atoms with E-state index >= 15 is 0 Å². The molecule has 1 aromatic rings. The summed E-state index contributed by atoms with van der Waals surface area (Å²) in [6, 6.07) is 10.0. The Balaban J connectivity index is 2.45. The Morgan fingerprint density at radius 1 is 1.38 bits per heavy atom. The van der Waals surface area contributed by atoms with Crippen LogP contribution in [-0.2, 0) is 0 Å². The van der Waals surface area contributed by atoms with Crippen LogP contribution in [0.2, 0.25) is 0 Å². The molecule has 0 aliphatic heterocycles. The number of aliphatic imine (C=N–C) groups is 1. The second kappa shape index (κ2) is 5.60. The summed E-state index contributed by atoms with van der Waals surface area (Å²) in [4.78, 5) is 5.25. The first-order valence-corrected chi connectivity index (χ1v) is 4.80. The van der Waals surface area contributed by atoms with E-state index in [0.29, 0.717) is 6.54 Å². The van der Waals surface area contributed by atoms with Gasteiger partial charge >= 0.3 is 0 Å². The number of thiocarbonyl (C=S) groups is 1. The van der Waals surface area contributed by atoms with Gasteiger partial charge in [-0.1, -0.05) is 49.5 Å². The van der Waals surface area contributed by atoms with Crippen molar-refractivity contribution in [1.82, 2.24) is 0 Å². The number of hydrogen-bond donors (Lipinski definition) is 0. The molecular weight excluding hydrogens is 178 g/mol. The maximum atomic E-state index is 5.06. The zero-order valence-corrected chi connectivity index (χ0v) is 8.55. The summed E-state index contributed by atoms with van der Waals surface area (Å²) < 4.78 is 0. The Labute approximate surface area is 84.5 Å². The minimum atomic E-state index is 0.667. The number of benzene rings is 1. The van der Waals surface area contributed by atoms with Gasteiger partial charge in [-0.25, -0.2) is 0 Å². The topological polar surface area (TPSA) is 12.4 Å². The average Bonchev–Trinajstić information content (AvgIpc) is 2.19. The van der Waals surface area contributed by atoms with Crippen molar-refractivity contribution >= 4 is 23.3 Å². The molecule has 0 saturated carbocycles. The van der Waals surface area contributed by atoms with Crippen LogP contribution < -0.4 is 0 Å². The fraction of sp³-hybridized carbons (Fsp3) is 0.273. The van der Waals surface area contributed by atoms with Gasteiger partial charge in [0.15, 0.2) is 0 Å². The average molecular weight is 191 g/mol. The van der Waals surface area contributed by atoms with Crippen molar-refractivity contribution in [1.29, 1.82) is 0 Å². The van der Waals surface area contributed by atoms with Gasteiger partial charge in [0.25, 0.3) is 0 Å². The van der Waals surface area contributed by atoms with Crippen molar-refractivity contribution in [3.8, 4) is 0 Å². The normalized spacial score (nSPS) is 10.5. The van der Waals surface area contributed by atoms with Gasteiger partial charge in [-0.15, -0.1) is 0 Å². The van der Waals surface area contributed by atoms with E-state index in [1.807, 2.05) is 36.5 Å². The molecule has 0 heterocycles. The maximum Gasteiger partial charge on any atom is 0.0702 e. The van der Waals surface area contributed by atoms with Gasteiger partial charge in [-0.2, -0.15) is 0 Å². The predicted molar refractivity (Wildman–Crippen MR) is 61.8 cm³/mol. The number of hydrogen-bond acceptors (Lipinski definition) is 2. The molecule has 0 aliphatic rings. The largest absolute Gasteiger partial charge is 0.287 e. The molecule has 0 radical (unpaired) electrons. The third-order valence-electron chi connectivity index (χ3n) is 1.70. The smallest absolute Gasteiger partial charge is 0.0702 e. The fourth-order valence-electron chi connectivity index (χ4n) is 0.904. The maximum absolute atomic E-state index is 5.06. The van der Waals surface area contributed by atoms with Crippen molar-refractivity contribution in [3.63, 3.8) is 0 Å². The lowest BCUT2D eigenvalue weighted by Gasteiger charge is -1.93. The van der Waals surface area contributed by atoms with Gasteiger partial charge in [0.1, 0.15) is 0 Å². The standard InChI is InChI=1S/C11H13NS/c1-2-11(13)9-12-8-10-6-4-3-5-7-10/h3-8H,2,9H2,1H3. The molecule has 0 amide bonds. The Morgan fingerprint density at radius 3 is 2.69 bits per heavy atom. The number of nitrogens with zero attached hydrogens (tertiary/aromatic N) is 1. The molecule has 13 heavy (non-hydrogen) atoms. The van der Waals surface area contributed by atoms with Crippen molar-refractivity contribution in [3.05, 3.63) is 35.9 Å². The fourth-order valence-corrected chi connectivity index (χ4v) is 0.978. The molecule has 0 aliphatic carbocycles. The first kappa shape index (κ1) is 10.1. The second-order valence-corrected chi connectivity index (χ2v) is 3.35. The molecule has 0 aromatic heterocycles. The van der Waals surface area contributed by atoms with Crippen LogP contribution >= 0.6 is 12.2 Å². The molecule has 68 valence electrons. The van der Waals surface area contributed by atoms with E-state index in [1.165, 1.54) is 0 Å². The minimum absolute atomic E-state index is 0.667. The minimum Gasteiger partial charge on any atom is -0.287 e. The zero-order chi connectivity index (χ0) is 9.52. The summed E-state index contributed by atoms with van der Waals surface area (Å²) in [6.45, 7) is 2.72. The second-order valence-electron chi connectivity index (χ2n) is 2.77. The van der Waals surface area contributed by atoms with E-state index in [-0.39, 0.29) is 0 Å². The lowest BCUT2D eigenvalue weighted by molar-refractivity contribution is 1.22. The van der Waals surface area contributed by atoms with Crippen LogP contribution in [0.4, 0.5) is 0 Å². The number of rotatable bonds is 4. The quantitative estimate of drug-likeness (QED) is 0.526. The third-order valence-corrected chi connectivity index (χ3v) is 2.12. The molecule has 0 spiro atoms. The van der Waals surface area contributed by atoms with Crippen molar-refractivity contribution in [2.24, 2.45) is 4.99 Å². The van der Waals surface area contributed by atoms with E-state index in [2.05, 4.69) is 11.9 Å². The lowest BCUT2D eigenvalue weighted by atomic mass is 10.2. The van der Waals surface area contributed by atoms with E-state index in [0.717, 1.165) is 16.8 Å². The summed E-state index contributed by atoms with van der Waals surface area (Å²) in [7, 11) is 0. The molecule has 1 rings (SSSR count). The van der Waals surface area contributed by atoms with E-state index < -0.39 is 0 Å². The van der Waals surface area contributed by atoms with Gasteiger partial charge in [0.05, 0.1) is 6.54 Å². The third kappa shape index (κ3) is 3.95. The van der Waals surface area contributed by atoms with Gasteiger partial charge in [0, 0.05) is 11.1 Å². The first-order valence-electron chi connectivity index (χ1n) is 4.39. The summed E-state index contributed by atoms with van der Waals surface area (Å²) in [5.41, 5.74) is 1.13. The van der Waals surface area contributed by atoms with Crippen LogP contribution in [-0.4, -0.2) is 17.6 Å². The van der Waals surface area contributed by atoms with Crippen molar-refractivity contribution < 1.29 is 0 Å². The molecule has 0 saturated heterocycles. The molecular formula is C11H13NS. The molecule has 0 fully saturated rings. The summed E-state index contributed by atoms with van der Waals surface area (Å²) in [6.07, 6.45) is 2.80. The van der Waals surface area contributed by atoms with Gasteiger partial charge < -0.3 is 0 Å². The Morgan fingerprint density at radius 2 is 2.08 bits per heavy atom. The molecule has 1 nitrogen and oxygen atoms in total. The van der Waals surface area contributed by atoms with Crippen molar-refractivity contribution in [2.75, 3.05) is 6.54 Å². The molecule has 2 heteroatoms. The highest BCUT2D eigenvalue weighted by Gasteiger charge is 1.88. The van der Waals surface area contributed by atoms with Crippen LogP contribution in [0.15, 0.2) is 35.3 Å². The highest BCUT2D eigenvalue weighted by Crippen LogP contribution is 1.94. The molecule has 0 bridgehead atoms. The highest BCUT2D eigenvalue weighted by molar-refractivity contribution is 7.80. The Hall–Kier alpha value is -1.02. The first-order chi connectivity index (χ1) is 6.33.